The Hall–Kier alpha value is -2.35. The maximum atomic E-state index is 10.9. The molecule has 1 fully saturated rings. The third-order valence-corrected chi connectivity index (χ3v) is 3.05. The Morgan fingerprint density at radius 1 is 1.55 bits per heavy atom. The van der Waals surface area contributed by atoms with Gasteiger partial charge in [0.1, 0.15) is 11.4 Å². The lowest BCUT2D eigenvalue weighted by molar-refractivity contribution is -0.385. The molecule has 108 valence electrons. The van der Waals surface area contributed by atoms with Gasteiger partial charge in [0.15, 0.2) is 5.75 Å². The van der Waals surface area contributed by atoms with Crippen LogP contribution in [0.5, 0.6) is 11.5 Å². The standard InChI is InChI=1S/C12H14N2O6/c1-19-10-3-2-8(4-9(10)14(17)18)20-12(5-11(15)16)6-13-7-12/h2-4,13H,5-7H2,1H3,(H,15,16). The molecule has 0 radical (unpaired) electrons. The predicted octanol–water partition coefficient (Wildman–Crippen LogP) is 0.799. The molecule has 1 heterocycles. The molecule has 1 aliphatic rings. The van der Waals surface area contributed by atoms with E-state index in [1.807, 2.05) is 0 Å². The van der Waals surface area contributed by atoms with Crippen LogP contribution in [0, 0.1) is 10.1 Å². The van der Waals surface area contributed by atoms with E-state index in [0.29, 0.717) is 13.1 Å². The Kier molecular flexibility index (Phi) is 3.75. The molecule has 0 amide bonds. The molecule has 2 N–H and O–H groups in total. The molecule has 1 aromatic carbocycles. The quantitative estimate of drug-likeness (QED) is 0.586. The van der Waals surface area contributed by atoms with Gasteiger partial charge in [-0.3, -0.25) is 14.9 Å². The van der Waals surface area contributed by atoms with Crippen LogP contribution in [-0.2, 0) is 4.79 Å². The molecule has 0 saturated carbocycles. The maximum Gasteiger partial charge on any atom is 0.314 e. The van der Waals surface area contributed by atoms with Crippen molar-refractivity contribution in [2.75, 3.05) is 20.2 Å². The first-order valence-electron chi connectivity index (χ1n) is 5.90. The van der Waals surface area contributed by atoms with Crippen LogP contribution < -0.4 is 14.8 Å². The fourth-order valence-corrected chi connectivity index (χ4v) is 2.04. The fraction of sp³-hybridized carbons (Fsp3) is 0.417. The average molecular weight is 282 g/mol. The SMILES string of the molecule is COc1ccc(OC2(CC(=O)O)CNC2)cc1[N+](=O)[O-]. The van der Waals surface area contributed by atoms with E-state index in [4.69, 9.17) is 14.6 Å². The predicted molar refractivity (Wildman–Crippen MR) is 68.1 cm³/mol. The second-order valence-corrected chi connectivity index (χ2v) is 4.55. The number of nitro benzene ring substituents is 1. The van der Waals surface area contributed by atoms with Crippen molar-refractivity contribution in [3.8, 4) is 11.5 Å². The van der Waals surface area contributed by atoms with E-state index in [1.54, 1.807) is 0 Å². The average Bonchev–Trinajstić information content (AvgIpc) is 2.35. The zero-order valence-electron chi connectivity index (χ0n) is 10.8. The Bertz CT molecular complexity index is 541. The number of aliphatic carboxylic acids is 1. The van der Waals surface area contributed by atoms with Crippen molar-refractivity contribution >= 4 is 11.7 Å². The van der Waals surface area contributed by atoms with Crippen molar-refractivity contribution in [3.63, 3.8) is 0 Å². The molecule has 2 rings (SSSR count). The molecule has 8 nitrogen and oxygen atoms in total. The first-order chi connectivity index (χ1) is 9.46. The van der Waals surface area contributed by atoms with Gasteiger partial charge < -0.3 is 19.9 Å². The molecule has 0 atom stereocenters. The van der Waals surface area contributed by atoms with E-state index in [0.717, 1.165) is 0 Å². The number of methoxy groups -OCH3 is 1. The lowest BCUT2D eigenvalue weighted by atomic mass is 9.92. The summed E-state index contributed by atoms with van der Waals surface area (Å²) in [6.45, 7) is 0.776. The summed E-state index contributed by atoms with van der Waals surface area (Å²) in [4.78, 5) is 21.2. The minimum Gasteiger partial charge on any atom is -0.490 e. The van der Waals surface area contributed by atoms with Crippen molar-refractivity contribution in [3.05, 3.63) is 28.3 Å². The Morgan fingerprint density at radius 2 is 2.25 bits per heavy atom. The lowest BCUT2D eigenvalue weighted by Gasteiger charge is -2.41. The zero-order valence-corrected chi connectivity index (χ0v) is 10.8. The van der Waals surface area contributed by atoms with E-state index in [1.165, 1.54) is 25.3 Å². The van der Waals surface area contributed by atoms with Crippen LogP contribution in [-0.4, -0.2) is 41.8 Å². The van der Waals surface area contributed by atoms with Crippen molar-refractivity contribution in [1.29, 1.82) is 0 Å². The van der Waals surface area contributed by atoms with Gasteiger partial charge >= 0.3 is 11.7 Å². The fourth-order valence-electron chi connectivity index (χ4n) is 2.04. The minimum atomic E-state index is -0.977. The van der Waals surface area contributed by atoms with Crippen molar-refractivity contribution in [1.82, 2.24) is 5.32 Å². The van der Waals surface area contributed by atoms with Gasteiger partial charge in [-0.2, -0.15) is 0 Å². The largest absolute Gasteiger partial charge is 0.490 e. The molecular weight excluding hydrogens is 268 g/mol. The number of hydrogen-bond acceptors (Lipinski definition) is 6. The molecule has 8 heteroatoms. The van der Waals surface area contributed by atoms with Crippen LogP contribution in [0.15, 0.2) is 18.2 Å². The summed E-state index contributed by atoms with van der Waals surface area (Å²) >= 11 is 0. The molecule has 0 aromatic heterocycles. The highest BCUT2D eigenvalue weighted by Gasteiger charge is 2.42. The van der Waals surface area contributed by atoms with Gasteiger partial charge in [-0.15, -0.1) is 0 Å². The lowest BCUT2D eigenvalue weighted by Crippen LogP contribution is -2.64. The van der Waals surface area contributed by atoms with Gasteiger partial charge in [0.05, 0.1) is 24.5 Å². The number of carboxylic acid groups (broad SMARTS) is 1. The van der Waals surface area contributed by atoms with Gasteiger partial charge in [-0.1, -0.05) is 0 Å². The highest BCUT2D eigenvalue weighted by molar-refractivity contribution is 5.68. The minimum absolute atomic E-state index is 0.126. The van der Waals surface area contributed by atoms with Crippen LogP contribution >= 0.6 is 0 Å². The number of carboxylic acids is 1. The maximum absolute atomic E-state index is 10.9. The summed E-state index contributed by atoms with van der Waals surface area (Å²) in [6, 6.07) is 4.18. The number of ether oxygens (including phenoxy) is 2. The molecule has 0 aliphatic carbocycles. The summed E-state index contributed by atoms with van der Waals surface area (Å²) in [5.74, 6) is -0.601. The first-order valence-corrected chi connectivity index (χ1v) is 5.90. The monoisotopic (exact) mass is 282 g/mol. The van der Waals surface area contributed by atoms with Crippen molar-refractivity contribution in [2.24, 2.45) is 0 Å². The summed E-state index contributed by atoms with van der Waals surface area (Å²) in [5.41, 5.74) is -1.07. The van der Waals surface area contributed by atoms with E-state index >= 15 is 0 Å². The van der Waals surface area contributed by atoms with Gasteiger partial charge in [-0.05, 0) is 12.1 Å². The molecular formula is C12H14N2O6. The molecule has 0 bridgehead atoms. The van der Waals surface area contributed by atoms with E-state index in [2.05, 4.69) is 5.32 Å². The van der Waals surface area contributed by atoms with Gasteiger partial charge in [-0.25, -0.2) is 0 Å². The Labute approximate surface area is 114 Å². The molecule has 20 heavy (non-hydrogen) atoms. The summed E-state index contributed by atoms with van der Waals surface area (Å²) in [5, 5.41) is 22.7. The molecule has 0 spiro atoms. The smallest absolute Gasteiger partial charge is 0.314 e. The first kappa shape index (κ1) is 14.1. The molecule has 0 unspecified atom stereocenters. The van der Waals surface area contributed by atoms with Gasteiger partial charge in [0, 0.05) is 13.1 Å². The van der Waals surface area contributed by atoms with Crippen molar-refractivity contribution < 1.29 is 24.3 Å². The van der Waals surface area contributed by atoms with Crippen LogP contribution in [0.4, 0.5) is 5.69 Å². The topological polar surface area (TPSA) is 111 Å². The van der Waals surface area contributed by atoms with Gasteiger partial charge in [0.2, 0.25) is 0 Å². The van der Waals surface area contributed by atoms with E-state index in [9.17, 15) is 14.9 Å². The second-order valence-electron chi connectivity index (χ2n) is 4.55. The molecule has 1 aromatic rings. The number of nitrogens with zero attached hydrogens (tertiary/aromatic N) is 1. The van der Waals surface area contributed by atoms with Crippen LogP contribution in [0.25, 0.3) is 0 Å². The Balaban J connectivity index is 2.23. The molecule has 1 aliphatic heterocycles. The van der Waals surface area contributed by atoms with Crippen LogP contribution in [0.1, 0.15) is 6.42 Å². The summed E-state index contributed by atoms with van der Waals surface area (Å²) < 4.78 is 10.5. The normalized spacial score (nSPS) is 16.1. The summed E-state index contributed by atoms with van der Waals surface area (Å²) in [6.07, 6.45) is -0.167. The van der Waals surface area contributed by atoms with E-state index < -0.39 is 16.5 Å². The second kappa shape index (κ2) is 5.33. The highest BCUT2D eigenvalue weighted by atomic mass is 16.6. The number of hydrogen-bond donors (Lipinski definition) is 2. The number of nitro groups is 1. The summed E-state index contributed by atoms with van der Waals surface area (Å²) in [7, 11) is 1.34. The Morgan fingerprint density at radius 3 is 2.70 bits per heavy atom. The number of rotatable bonds is 6. The highest BCUT2D eigenvalue weighted by Crippen LogP contribution is 2.33. The van der Waals surface area contributed by atoms with Gasteiger partial charge in [0.25, 0.3) is 0 Å². The number of benzene rings is 1. The molecule has 1 saturated heterocycles. The number of nitrogens with one attached hydrogen (secondary N) is 1. The number of carbonyl (C=O) groups is 1. The van der Waals surface area contributed by atoms with Crippen LogP contribution in [0.2, 0.25) is 0 Å². The third-order valence-electron chi connectivity index (χ3n) is 3.05. The van der Waals surface area contributed by atoms with Crippen LogP contribution in [0.3, 0.4) is 0 Å². The van der Waals surface area contributed by atoms with Crippen molar-refractivity contribution in [2.45, 2.75) is 12.0 Å². The van der Waals surface area contributed by atoms with E-state index in [-0.39, 0.29) is 23.6 Å². The zero-order chi connectivity index (χ0) is 14.8. The third kappa shape index (κ3) is 2.80.